The second kappa shape index (κ2) is 8.31. The molecule has 0 radical (unpaired) electrons. The average Bonchev–Trinajstić information content (AvgIpc) is 2.40. The molecule has 0 fully saturated rings. The molecule has 0 aliphatic rings. The van der Waals surface area contributed by atoms with E-state index in [1.807, 2.05) is 19.9 Å². The van der Waals surface area contributed by atoms with Crippen molar-refractivity contribution in [3.63, 3.8) is 0 Å². The van der Waals surface area contributed by atoms with Crippen molar-refractivity contribution in [2.45, 2.75) is 27.4 Å². The molecule has 0 amide bonds. The molecule has 0 saturated carbocycles. The number of hydrogen-bond donors (Lipinski definition) is 1. The SMILES string of the molecule is CC.CCOC(=O)c1ccc(C#N)cc1CO. The minimum absolute atomic E-state index is 0.281. The number of ether oxygens (including phenoxy) is 1. The Bertz CT molecular complexity index is 408. The number of nitrogens with zero attached hydrogens (tertiary/aromatic N) is 1. The van der Waals surface area contributed by atoms with Gasteiger partial charge in [-0.05, 0) is 30.7 Å². The molecule has 4 nitrogen and oxygen atoms in total. The first-order valence-corrected chi connectivity index (χ1v) is 5.54. The highest BCUT2D eigenvalue weighted by Gasteiger charge is 2.12. The first-order chi connectivity index (χ1) is 8.22. The van der Waals surface area contributed by atoms with Gasteiger partial charge < -0.3 is 9.84 Å². The Kier molecular flexibility index (Phi) is 7.40. The number of esters is 1. The Labute approximate surface area is 101 Å². The number of hydrogen-bond acceptors (Lipinski definition) is 4. The topological polar surface area (TPSA) is 70.3 Å². The molecule has 0 spiro atoms. The molecule has 0 aliphatic carbocycles. The van der Waals surface area contributed by atoms with Gasteiger partial charge in [0.05, 0.1) is 30.4 Å². The standard InChI is InChI=1S/C11H11NO3.C2H6/c1-2-15-11(14)10-4-3-8(6-12)5-9(10)7-13;1-2/h3-5,13H,2,7H2,1H3;1-2H3. The number of benzene rings is 1. The summed E-state index contributed by atoms with van der Waals surface area (Å²) in [5, 5.41) is 17.7. The van der Waals surface area contributed by atoms with E-state index < -0.39 is 5.97 Å². The van der Waals surface area contributed by atoms with Gasteiger partial charge in [-0.2, -0.15) is 5.26 Å². The first-order valence-electron chi connectivity index (χ1n) is 5.54. The molecular formula is C13H17NO3. The lowest BCUT2D eigenvalue weighted by molar-refractivity contribution is 0.0523. The molecule has 0 aromatic heterocycles. The maximum absolute atomic E-state index is 11.4. The summed E-state index contributed by atoms with van der Waals surface area (Å²) in [4.78, 5) is 11.4. The molecule has 4 heteroatoms. The van der Waals surface area contributed by atoms with E-state index in [0.29, 0.717) is 16.7 Å². The minimum Gasteiger partial charge on any atom is -0.462 e. The third-order valence-electron chi connectivity index (χ3n) is 1.90. The molecule has 92 valence electrons. The van der Waals surface area contributed by atoms with Crippen molar-refractivity contribution >= 4 is 5.97 Å². The van der Waals surface area contributed by atoms with Gasteiger partial charge in [0, 0.05) is 0 Å². The monoisotopic (exact) mass is 235 g/mol. The third-order valence-corrected chi connectivity index (χ3v) is 1.90. The zero-order valence-corrected chi connectivity index (χ0v) is 10.4. The van der Waals surface area contributed by atoms with Crippen molar-refractivity contribution in [2.24, 2.45) is 0 Å². The molecule has 1 rings (SSSR count). The lowest BCUT2D eigenvalue weighted by Gasteiger charge is -2.06. The van der Waals surface area contributed by atoms with E-state index in [-0.39, 0.29) is 13.2 Å². The van der Waals surface area contributed by atoms with E-state index in [2.05, 4.69) is 0 Å². The number of aliphatic hydroxyl groups excluding tert-OH is 1. The van der Waals surface area contributed by atoms with Gasteiger partial charge in [-0.15, -0.1) is 0 Å². The first kappa shape index (κ1) is 15.1. The fraction of sp³-hybridized carbons (Fsp3) is 0.385. The predicted molar refractivity (Wildman–Crippen MR) is 64.4 cm³/mol. The number of nitriles is 1. The smallest absolute Gasteiger partial charge is 0.338 e. The second-order valence-corrected chi connectivity index (χ2v) is 2.86. The minimum atomic E-state index is -0.481. The van der Waals surface area contributed by atoms with Crippen LogP contribution >= 0.6 is 0 Å². The summed E-state index contributed by atoms with van der Waals surface area (Å²) in [6.07, 6.45) is 0. The van der Waals surface area contributed by atoms with Crippen LogP contribution < -0.4 is 0 Å². The highest BCUT2D eigenvalue weighted by atomic mass is 16.5. The van der Waals surface area contributed by atoms with Crippen LogP contribution in [0.25, 0.3) is 0 Å². The summed E-state index contributed by atoms with van der Waals surface area (Å²) in [5.41, 5.74) is 1.12. The van der Waals surface area contributed by atoms with E-state index in [4.69, 9.17) is 15.1 Å². The Morgan fingerprint density at radius 2 is 2.12 bits per heavy atom. The molecule has 1 aromatic rings. The van der Waals surface area contributed by atoms with Crippen molar-refractivity contribution in [1.29, 1.82) is 5.26 Å². The van der Waals surface area contributed by atoms with E-state index in [1.165, 1.54) is 18.2 Å². The van der Waals surface area contributed by atoms with E-state index in [1.54, 1.807) is 6.92 Å². The Hall–Kier alpha value is -1.86. The summed E-state index contributed by atoms with van der Waals surface area (Å²) < 4.78 is 4.81. The van der Waals surface area contributed by atoms with E-state index in [9.17, 15) is 4.79 Å². The van der Waals surface area contributed by atoms with Gasteiger partial charge in [-0.3, -0.25) is 0 Å². The van der Waals surface area contributed by atoms with Crippen molar-refractivity contribution in [2.75, 3.05) is 6.61 Å². The highest BCUT2D eigenvalue weighted by molar-refractivity contribution is 5.91. The quantitative estimate of drug-likeness (QED) is 0.816. The third kappa shape index (κ3) is 4.25. The van der Waals surface area contributed by atoms with Gasteiger partial charge in [0.1, 0.15) is 0 Å². The summed E-state index contributed by atoms with van der Waals surface area (Å²) in [7, 11) is 0. The van der Waals surface area contributed by atoms with Gasteiger partial charge in [0.25, 0.3) is 0 Å². The van der Waals surface area contributed by atoms with Crippen molar-refractivity contribution in [3.05, 3.63) is 34.9 Å². The Morgan fingerprint density at radius 3 is 2.59 bits per heavy atom. The number of carbonyl (C=O) groups excluding carboxylic acids is 1. The number of carbonyl (C=O) groups is 1. The molecule has 0 heterocycles. The van der Waals surface area contributed by atoms with Gasteiger partial charge in [-0.25, -0.2) is 4.79 Å². The van der Waals surface area contributed by atoms with Crippen LogP contribution in [0, 0.1) is 11.3 Å². The normalized spacial score (nSPS) is 8.65. The number of rotatable bonds is 3. The highest BCUT2D eigenvalue weighted by Crippen LogP contribution is 2.13. The van der Waals surface area contributed by atoms with Crippen LogP contribution in [0.3, 0.4) is 0 Å². The van der Waals surface area contributed by atoms with Crippen molar-refractivity contribution < 1.29 is 14.6 Å². The molecule has 0 saturated heterocycles. The molecule has 0 aliphatic heterocycles. The largest absolute Gasteiger partial charge is 0.462 e. The van der Waals surface area contributed by atoms with Crippen LogP contribution in [0.1, 0.15) is 42.3 Å². The molecule has 0 bridgehead atoms. The molecule has 1 aromatic carbocycles. The Balaban J connectivity index is 0.00000121. The van der Waals surface area contributed by atoms with Gasteiger partial charge in [-0.1, -0.05) is 13.8 Å². The van der Waals surface area contributed by atoms with Crippen LogP contribution in [0.2, 0.25) is 0 Å². The van der Waals surface area contributed by atoms with Crippen LogP contribution in [-0.2, 0) is 11.3 Å². The summed E-state index contributed by atoms with van der Waals surface area (Å²) in [6, 6.07) is 6.42. The predicted octanol–water partition coefficient (Wildman–Crippen LogP) is 2.25. The maximum atomic E-state index is 11.4. The maximum Gasteiger partial charge on any atom is 0.338 e. The van der Waals surface area contributed by atoms with Crippen molar-refractivity contribution in [1.82, 2.24) is 0 Å². The molecule has 1 N–H and O–H groups in total. The number of aliphatic hydroxyl groups is 1. The molecule has 0 unspecified atom stereocenters. The lowest BCUT2D eigenvalue weighted by Crippen LogP contribution is -2.08. The lowest BCUT2D eigenvalue weighted by atomic mass is 10.1. The molecule has 0 atom stereocenters. The van der Waals surface area contributed by atoms with Crippen LogP contribution in [0.15, 0.2) is 18.2 Å². The van der Waals surface area contributed by atoms with Crippen LogP contribution in [0.5, 0.6) is 0 Å². The van der Waals surface area contributed by atoms with Crippen molar-refractivity contribution in [3.8, 4) is 6.07 Å². The van der Waals surface area contributed by atoms with E-state index >= 15 is 0 Å². The van der Waals surface area contributed by atoms with Gasteiger partial charge >= 0.3 is 5.97 Å². The van der Waals surface area contributed by atoms with Crippen LogP contribution in [-0.4, -0.2) is 17.7 Å². The second-order valence-electron chi connectivity index (χ2n) is 2.86. The summed E-state index contributed by atoms with van der Waals surface area (Å²) in [5.74, 6) is -0.481. The van der Waals surface area contributed by atoms with E-state index in [0.717, 1.165) is 0 Å². The van der Waals surface area contributed by atoms with Gasteiger partial charge in [0.15, 0.2) is 0 Å². The average molecular weight is 235 g/mol. The molecule has 17 heavy (non-hydrogen) atoms. The fourth-order valence-corrected chi connectivity index (χ4v) is 1.20. The zero-order chi connectivity index (χ0) is 13.3. The van der Waals surface area contributed by atoms with Crippen LogP contribution in [0.4, 0.5) is 0 Å². The summed E-state index contributed by atoms with van der Waals surface area (Å²) in [6.45, 7) is 5.70. The van der Waals surface area contributed by atoms with Gasteiger partial charge in [0.2, 0.25) is 0 Å². The fourth-order valence-electron chi connectivity index (χ4n) is 1.20. The molecular weight excluding hydrogens is 218 g/mol. The zero-order valence-electron chi connectivity index (χ0n) is 10.4. The summed E-state index contributed by atoms with van der Waals surface area (Å²) >= 11 is 0. The Morgan fingerprint density at radius 1 is 1.47 bits per heavy atom.